The maximum atomic E-state index is 7.93. The Morgan fingerprint density at radius 3 is 2.33 bits per heavy atom. The highest BCUT2D eigenvalue weighted by Crippen LogP contribution is 2.17. The molecule has 0 saturated carbocycles. The molecular weight excluding hydrogens is 240 g/mol. The van der Waals surface area contributed by atoms with Crippen LogP contribution in [0.4, 0.5) is 0 Å². The molecule has 0 aromatic heterocycles. The van der Waals surface area contributed by atoms with Crippen molar-refractivity contribution >= 4 is 21.8 Å². The highest BCUT2D eigenvalue weighted by Gasteiger charge is 2.05. The summed E-state index contributed by atoms with van der Waals surface area (Å²) in [6, 6.07) is 9.64. The van der Waals surface area contributed by atoms with Crippen molar-refractivity contribution in [1.82, 2.24) is 0 Å². The van der Waals surface area contributed by atoms with E-state index in [1.807, 2.05) is 30.3 Å². The molecule has 0 spiro atoms. The number of rotatable bonds is 7. The number of hydrogen-bond donors (Lipinski definition) is 2. The first kappa shape index (κ1) is 15.0. The van der Waals surface area contributed by atoms with E-state index in [0.717, 1.165) is 18.4 Å². The molecule has 0 aliphatic heterocycles. The summed E-state index contributed by atoms with van der Waals surface area (Å²) >= 11 is 1.28. The van der Waals surface area contributed by atoms with Crippen molar-refractivity contribution in [2.75, 3.05) is 0 Å². The zero-order valence-corrected chi connectivity index (χ0v) is 11.9. The Bertz CT molecular complexity index is 373. The minimum absolute atomic E-state index is 0.481. The van der Waals surface area contributed by atoms with E-state index >= 15 is 0 Å². The summed E-state index contributed by atoms with van der Waals surface area (Å²) in [6.45, 7) is 2.21. The molecule has 0 fully saturated rings. The summed E-state index contributed by atoms with van der Waals surface area (Å²) in [5.41, 5.74) is 0.901. The van der Waals surface area contributed by atoms with Crippen molar-refractivity contribution in [3.05, 3.63) is 35.9 Å². The van der Waals surface area contributed by atoms with E-state index in [-0.39, 0.29) is 0 Å². The molecule has 0 amide bonds. The van der Waals surface area contributed by atoms with E-state index in [4.69, 9.17) is 10.8 Å². The number of hydrogen-bond acceptors (Lipinski definition) is 3. The largest absolute Gasteiger partial charge is 0.298 e. The van der Waals surface area contributed by atoms with Crippen LogP contribution >= 0.6 is 11.8 Å². The van der Waals surface area contributed by atoms with E-state index < -0.39 is 0 Å². The average molecular weight is 262 g/mol. The van der Waals surface area contributed by atoms with Crippen LogP contribution in [0.1, 0.15) is 51.0 Å². The van der Waals surface area contributed by atoms with Gasteiger partial charge in [0.05, 0.1) is 5.04 Å². The van der Waals surface area contributed by atoms with Gasteiger partial charge in [-0.1, -0.05) is 74.7 Å². The van der Waals surface area contributed by atoms with Crippen LogP contribution in [0.2, 0.25) is 0 Å². The van der Waals surface area contributed by atoms with Crippen LogP contribution in [0, 0.1) is 10.8 Å². The Hall–Kier alpha value is -1.09. The van der Waals surface area contributed by atoms with Crippen LogP contribution in [0.3, 0.4) is 0 Å². The fourth-order valence-electron chi connectivity index (χ4n) is 1.71. The van der Waals surface area contributed by atoms with E-state index in [2.05, 4.69) is 6.92 Å². The highest BCUT2D eigenvalue weighted by atomic mass is 32.2. The van der Waals surface area contributed by atoms with Gasteiger partial charge >= 0.3 is 0 Å². The van der Waals surface area contributed by atoms with Crippen molar-refractivity contribution in [3.63, 3.8) is 0 Å². The lowest BCUT2D eigenvalue weighted by molar-refractivity contribution is 0.644. The van der Waals surface area contributed by atoms with Crippen LogP contribution < -0.4 is 0 Å². The van der Waals surface area contributed by atoms with Crippen LogP contribution in [-0.2, 0) is 0 Å². The lowest BCUT2D eigenvalue weighted by Crippen LogP contribution is -1.99. The fourth-order valence-corrected chi connectivity index (χ4v) is 2.46. The van der Waals surface area contributed by atoms with Crippen molar-refractivity contribution < 1.29 is 0 Å². The standard InChI is InChI=1S/C15H22N2S/c1-2-3-4-5-9-12-14(16)18-15(17)13-10-7-6-8-11-13/h6-8,10-11,16-17H,2-5,9,12H2,1H3. The highest BCUT2D eigenvalue weighted by molar-refractivity contribution is 8.26. The summed E-state index contributed by atoms with van der Waals surface area (Å²) in [6.07, 6.45) is 6.91. The van der Waals surface area contributed by atoms with Crippen LogP contribution in [-0.4, -0.2) is 10.1 Å². The molecule has 0 atom stereocenters. The number of benzene rings is 1. The quantitative estimate of drug-likeness (QED) is 0.401. The zero-order valence-electron chi connectivity index (χ0n) is 11.0. The van der Waals surface area contributed by atoms with Gasteiger partial charge in [0.1, 0.15) is 5.04 Å². The normalized spacial score (nSPS) is 10.3. The molecule has 0 aliphatic carbocycles. The Morgan fingerprint density at radius 1 is 1.00 bits per heavy atom. The molecule has 0 radical (unpaired) electrons. The van der Waals surface area contributed by atoms with Gasteiger partial charge in [0, 0.05) is 5.56 Å². The smallest absolute Gasteiger partial charge is 0.100 e. The van der Waals surface area contributed by atoms with E-state index in [1.165, 1.54) is 37.4 Å². The lowest BCUT2D eigenvalue weighted by atomic mass is 10.1. The summed E-state index contributed by atoms with van der Waals surface area (Å²) < 4.78 is 0. The number of unbranched alkanes of at least 4 members (excludes halogenated alkanes) is 4. The third-order valence-corrected chi connectivity index (χ3v) is 3.66. The summed E-state index contributed by atoms with van der Waals surface area (Å²) in [5, 5.41) is 16.9. The molecule has 0 bridgehead atoms. The molecule has 1 aromatic rings. The minimum atomic E-state index is 0.481. The summed E-state index contributed by atoms with van der Waals surface area (Å²) in [5.74, 6) is 0. The molecule has 98 valence electrons. The molecule has 2 N–H and O–H groups in total. The van der Waals surface area contributed by atoms with E-state index in [0.29, 0.717) is 10.1 Å². The molecule has 0 unspecified atom stereocenters. The first-order valence-electron chi connectivity index (χ1n) is 6.63. The second-order valence-corrected chi connectivity index (χ2v) is 5.49. The van der Waals surface area contributed by atoms with Crippen molar-refractivity contribution in [2.24, 2.45) is 0 Å². The monoisotopic (exact) mass is 262 g/mol. The van der Waals surface area contributed by atoms with Gasteiger partial charge in [-0.2, -0.15) is 0 Å². The fraction of sp³-hybridized carbons (Fsp3) is 0.467. The second-order valence-electron chi connectivity index (χ2n) is 4.38. The third-order valence-electron chi connectivity index (χ3n) is 2.77. The summed E-state index contributed by atoms with van der Waals surface area (Å²) in [7, 11) is 0. The van der Waals surface area contributed by atoms with Crippen LogP contribution in [0.5, 0.6) is 0 Å². The van der Waals surface area contributed by atoms with Gasteiger partial charge in [0.2, 0.25) is 0 Å². The van der Waals surface area contributed by atoms with E-state index in [1.54, 1.807) is 0 Å². The minimum Gasteiger partial charge on any atom is -0.298 e. The van der Waals surface area contributed by atoms with Crippen molar-refractivity contribution in [1.29, 1.82) is 10.8 Å². The Kier molecular flexibility index (Phi) is 7.42. The van der Waals surface area contributed by atoms with Crippen molar-refractivity contribution in [3.8, 4) is 0 Å². The number of thioether (sulfide) groups is 1. The van der Waals surface area contributed by atoms with Gasteiger partial charge < -0.3 is 0 Å². The number of nitrogens with one attached hydrogen (secondary N) is 2. The molecule has 0 saturated heterocycles. The average Bonchev–Trinajstić information content (AvgIpc) is 2.39. The van der Waals surface area contributed by atoms with Gasteiger partial charge in [-0.05, 0) is 12.8 Å². The Morgan fingerprint density at radius 2 is 1.67 bits per heavy atom. The van der Waals surface area contributed by atoms with Gasteiger partial charge in [0.25, 0.3) is 0 Å². The molecule has 2 nitrogen and oxygen atoms in total. The van der Waals surface area contributed by atoms with Gasteiger partial charge in [-0.3, -0.25) is 10.8 Å². The molecule has 1 aromatic carbocycles. The topological polar surface area (TPSA) is 47.7 Å². The predicted molar refractivity (Wildman–Crippen MR) is 82.0 cm³/mol. The lowest BCUT2D eigenvalue weighted by Gasteiger charge is -2.05. The van der Waals surface area contributed by atoms with Gasteiger partial charge in [0.15, 0.2) is 0 Å². The first-order valence-corrected chi connectivity index (χ1v) is 7.45. The zero-order chi connectivity index (χ0) is 13.2. The second kappa shape index (κ2) is 8.92. The molecule has 3 heteroatoms. The molecule has 1 rings (SSSR count). The first-order chi connectivity index (χ1) is 8.74. The van der Waals surface area contributed by atoms with Crippen molar-refractivity contribution in [2.45, 2.75) is 45.4 Å². The predicted octanol–water partition coefficient (Wildman–Crippen LogP) is 5.08. The van der Waals surface area contributed by atoms with Gasteiger partial charge in [-0.25, -0.2) is 0 Å². The maximum Gasteiger partial charge on any atom is 0.100 e. The van der Waals surface area contributed by atoms with E-state index in [9.17, 15) is 0 Å². The molecular formula is C15H22N2S. The SMILES string of the molecule is CCCCCCCC(=N)SC(=N)c1ccccc1. The molecule has 0 heterocycles. The van der Waals surface area contributed by atoms with Gasteiger partial charge in [-0.15, -0.1) is 0 Å². The summed E-state index contributed by atoms with van der Waals surface area (Å²) in [4.78, 5) is 0. The molecule has 18 heavy (non-hydrogen) atoms. The van der Waals surface area contributed by atoms with Crippen LogP contribution in [0.25, 0.3) is 0 Å². The maximum absolute atomic E-state index is 7.93. The molecule has 0 aliphatic rings. The third kappa shape index (κ3) is 6.01. The Labute approximate surface area is 114 Å². The van der Waals surface area contributed by atoms with Crippen LogP contribution in [0.15, 0.2) is 30.3 Å². The Balaban J connectivity index is 2.22.